The third-order valence-electron chi connectivity index (χ3n) is 4.63. The lowest BCUT2D eigenvalue weighted by atomic mass is 10.1. The molecule has 0 saturated heterocycles. The molecule has 1 aromatic heterocycles. The van der Waals surface area contributed by atoms with Gasteiger partial charge in [0.25, 0.3) is 0 Å². The molecule has 3 rings (SSSR count). The van der Waals surface area contributed by atoms with Crippen LogP contribution in [0.15, 0.2) is 58.1 Å². The highest BCUT2D eigenvalue weighted by atomic mass is 19.4. The van der Waals surface area contributed by atoms with Crippen LogP contribution in [0, 0.1) is 5.82 Å². The number of rotatable bonds is 6. The third-order valence-corrected chi connectivity index (χ3v) is 4.63. The van der Waals surface area contributed by atoms with Crippen LogP contribution in [0.5, 0.6) is 0 Å². The van der Waals surface area contributed by atoms with Crippen molar-refractivity contribution in [2.24, 2.45) is 0 Å². The van der Waals surface area contributed by atoms with Gasteiger partial charge in [0.1, 0.15) is 5.82 Å². The zero-order valence-corrected chi connectivity index (χ0v) is 16.8. The highest BCUT2D eigenvalue weighted by molar-refractivity contribution is 5.35. The summed E-state index contributed by atoms with van der Waals surface area (Å²) < 4.78 is 55.1. The van der Waals surface area contributed by atoms with Crippen molar-refractivity contribution in [2.75, 3.05) is 5.32 Å². The number of halogens is 4. The molecule has 1 heterocycles. The zero-order chi connectivity index (χ0) is 22.8. The molecule has 0 aliphatic rings. The largest absolute Gasteiger partial charge is 0.416 e. The summed E-state index contributed by atoms with van der Waals surface area (Å²) in [7, 11) is 0. The second kappa shape index (κ2) is 8.75. The fraction of sp³-hybridized carbons (Fsp3) is 0.286. The molecule has 0 bridgehead atoms. The lowest BCUT2D eigenvalue weighted by Gasteiger charge is -2.18. The molecule has 10 heteroatoms. The fourth-order valence-corrected chi connectivity index (χ4v) is 3.12. The predicted octanol–water partition coefficient (Wildman–Crippen LogP) is 3.80. The molecule has 1 N–H and O–H groups in total. The van der Waals surface area contributed by atoms with Gasteiger partial charge in [0.2, 0.25) is 5.95 Å². The van der Waals surface area contributed by atoms with Crippen LogP contribution in [0.1, 0.15) is 36.6 Å². The van der Waals surface area contributed by atoms with Gasteiger partial charge in [0, 0.05) is 12.6 Å². The van der Waals surface area contributed by atoms with Crippen molar-refractivity contribution in [1.29, 1.82) is 0 Å². The lowest BCUT2D eigenvalue weighted by molar-refractivity contribution is -0.138. The standard InChI is InChI=1S/C21H20F4N4O2/c1-13(2)29-19(30)27-18(26-11-15-5-3-4-6-17(15)21(23,24)25)28(20(29)31)12-14-7-9-16(22)10-8-14/h3-10,13H,11-12H2,1-2H3,(H,26,27,30). The molecule has 0 saturated carbocycles. The number of hydrogen-bond acceptors (Lipinski definition) is 4. The highest BCUT2D eigenvalue weighted by Gasteiger charge is 2.32. The molecular formula is C21H20F4N4O2. The maximum Gasteiger partial charge on any atom is 0.416 e. The van der Waals surface area contributed by atoms with Crippen LogP contribution in [-0.4, -0.2) is 14.1 Å². The molecule has 0 aliphatic carbocycles. The van der Waals surface area contributed by atoms with Crippen LogP contribution < -0.4 is 16.7 Å². The van der Waals surface area contributed by atoms with Gasteiger partial charge in [-0.15, -0.1) is 0 Å². The summed E-state index contributed by atoms with van der Waals surface area (Å²) in [5, 5.41) is 2.69. The van der Waals surface area contributed by atoms with Gasteiger partial charge in [-0.2, -0.15) is 18.2 Å². The Labute approximate surface area is 174 Å². The molecule has 0 spiro atoms. The summed E-state index contributed by atoms with van der Waals surface area (Å²) >= 11 is 0. The molecule has 0 fully saturated rings. The Hall–Kier alpha value is -3.43. The molecule has 0 radical (unpaired) electrons. The van der Waals surface area contributed by atoms with Crippen LogP contribution in [0.25, 0.3) is 0 Å². The molecule has 0 aliphatic heterocycles. The van der Waals surface area contributed by atoms with E-state index in [1.807, 2.05) is 0 Å². The molecule has 31 heavy (non-hydrogen) atoms. The molecule has 0 atom stereocenters. The van der Waals surface area contributed by atoms with E-state index in [4.69, 9.17) is 0 Å². The number of anilines is 1. The Morgan fingerprint density at radius 2 is 1.68 bits per heavy atom. The van der Waals surface area contributed by atoms with Crippen molar-refractivity contribution >= 4 is 5.95 Å². The van der Waals surface area contributed by atoms with E-state index in [1.54, 1.807) is 13.8 Å². The first-order chi connectivity index (χ1) is 14.6. The minimum Gasteiger partial charge on any atom is -0.351 e. The Morgan fingerprint density at radius 3 is 2.29 bits per heavy atom. The number of hydrogen-bond donors (Lipinski definition) is 1. The average molecular weight is 436 g/mol. The Kier molecular flexibility index (Phi) is 6.28. The Morgan fingerprint density at radius 1 is 1.03 bits per heavy atom. The minimum atomic E-state index is -4.56. The summed E-state index contributed by atoms with van der Waals surface area (Å²) in [6.45, 7) is 2.91. The first-order valence-electron chi connectivity index (χ1n) is 9.44. The van der Waals surface area contributed by atoms with Crippen molar-refractivity contribution in [3.8, 4) is 0 Å². The summed E-state index contributed by atoms with van der Waals surface area (Å²) in [6.07, 6.45) is -4.56. The molecule has 3 aromatic rings. The van der Waals surface area contributed by atoms with Crippen molar-refractivity contribution in [2.45, 2.75) is 39.2 Å². The SMILES string of the molecule is CC(C)n1c(=O)nc(NCc2ccccc2C(F)(F)F)n(Cc2ccc(F)cc2)c1=O. The monoisotopic (exact) mass is 436 g/mol. The van der Waals surface area contributed by atoms with Crippen LogP contribution in [0.4, 0.5) is 23.5 Å². The van der Waals surface area contributed by atoms with Gasteiger partial charge in [0.15, 0.2) is 0 Å². The fourth-order valence-electron chi connectivity index (χ4n) is 3.12. The van der Waals surface area contributed by atoms with E-state index in [9.17, 15) is 27.2 Å². The summed E-state index contributed by atoms with van der Waals surface area (Å²) in [6, 6.07) is 9.89. The van der Waals surface area contributed by atoms with Gasteiger partial charge in [-0.25, -0.2) is 18.5 Å². The van der Waals surface area contributed by atoms with E-state index in [-0.39, 0.29) is 24.6 Å². The van der Waals surface area contributed by atoms with Gasteiger partial charge in [-0.3, -0.25) is 4.57 Å². The lowest BCUT2D eigenvalue weighted by Crippen LogP contribution is -2.43. The van der Waals surface area contributed by atoms with Crippen molar-refractivity contribution in [1.82, 2.24) is 14.1 Å². The van der Waals surface area contributed by atoms with E-state index >= 15 is 0 Å². The maximum atomic E-state index is 13.3. The molecule has 0 unspecified atom stereocenters. The van der Waals surface area contributed by atoms with Gasteiger partial charge in [-0.1, -0.05) is 30.3 Å². The van der Waals surface area contributed by atoms with Crippen LogP contribution in [0.2, 0.25) is 0 Å². The van der Waals surface area contributed by atoms with E-state index in [0.29, 0.717) is 5.56 Å². The highest BCUT2D eigenvalue weighted by Crippen LogP contribution is 2.32. The van der Waals surface area contributed by atoms with Crippen molar-refractivity contribution in [3.05, 3.63) is 92.0 Å². The van der Waals surface area contributed by atoms with Crippen molar-refractivity contribution < 1.29 is 17.6 Å². The number of alkyl halides is 3. The van der Waals surface area contributed by atoms with E-state index in [2.05, 4.69) is 10.3 Å². The summed E-state index contributed by atoms with van der Waals surface area (Å²) in [5.74, 6) is -0.628. The molecule has 6 nitrogen and oxygen atoms in total. The average Bonchev–Trinajstić information content (AvgIpc) is 2.69. The van der Waals surface area contributed by atoms with Crippen LogP contribution >= 0.6 is 0 Å². The quantitative estimate of drug-likeness (QED) is 0.597. The number of aromatic nitrogens is 3. The maximum absolute atomic E-state index is 13.3. The smallest absolute Gasteiger partial charge is 0.351 e. The third kappa shape index (κ3) is 5.01. The molecule has 2 aromatic carbocycles. The second-order valence-corrected chi connectivity index (χ2v) is 7.19. The first-order valence-corrected chi connectivity index (χ1v) is 9.44. The molecule has 164 valence electrons. The Balaban J connectivity index is 2.03. The zero-order valence-electron chi connectivity index (χ0n) is 16.8. The van der Waals surface area contributed by atoms with Gasteiger partial charge in [-0.05, 0) is 43.2 Å². The molecular weight excluding hydrogens is 416 g/mol. The van der Waals surface area contributed by atoms with Crippen LogP contribution in [-0.2, 0) is 19.3 Å². The van der Waals surface area contributed by atoms with Crippen LogP contribution in [0.3, 0.4) is 0 Å². The Bertz CT molecular complexity index is 1180. The minimum absolute atomic E-state index is 0.0532. The normalized spacial score (nSPS) is 11.7. The van der Waals surface area contributed by atoms with Gasteiger partial charge in [0.05, 0.1) is 12.1 Å². The second-order valence-electron chi connectivity index (χ2n) is 7.19. The summed E-state index contributed by atoms with van der Waals surface area (Å²) in [5.41, 5.74) is -1.83. The number of nitrogens with zero attached hydrogens (tertiary/aromatic N) is 3. The summed E-state index contributed by atoms with van der Waals surface area (Å²) in [4.78, 5) is 29.2. The first kappa shape index (κ1) is 22.3. The number of benzene rings is 2. The van der Waals surface area contributed by atoms with Gasteiger partial charge >= 0.3 is 17.6 Å². The van der Waals surface area contributed by atoms with E-state index in [0.717, 1.165) is 15.2 Å². The van der Waals surface area contributed by atoms with Crippen molar-refractivity contribution in [3.63, 3.8) is 0 Å². The molecule has 0 amide bonds. The van der Waals surface area contributed by atoms with Gasteiger partial charge < -0.3 is 5.32 Å². The van der Waals surface area contributed by atoms with E-state index in [1.165, 1.54) is 42.5 Å². The topological polar surface area (TPSA) is 68.9 Å². The predicted molar refractivity (Wildman–Crippen MR) is 107 cm³/mol. The van der Waals surface area contributed by atoms with E-state index < -0.39 is 35.0 Å². The number of nitrogens with one attached hydrogen (secondary N) is 1.